The van der Waals surface area contributed by atoms with Crippen LogP contribution in [0.4, 0.5) is 13.2 Å². The first kappa shape index (κ1) is 23.6. The summed E-state index contributed by atoms with van der Waals surface area (Å²) in [6, 6.07) is 13.2. The second-order valence-electron chi connectivity index (χ2n) is 7.57. The molecule has 1 atom stereocenters. The molecule has 0 bridgehead atoms. The largest absolute Gasteiger partial charge is 0.416 e. The number of aryl methyl sites for hydroxylation is 1. The summed E-state index contributed by atoms with van der Waals surface area (Å²) in [6.07, 6.45) is -4.37. The number of nitrogens with zero attached hydrogens (tertiary/aromatic N) is 1. The summed E-state index contributed by atoms with van der Waals surface area (Å²) in [4.78, 5) is 14.5. The number of benzene rings is 2. The van der Waals surface area contributed by atoms with Crippen molar-refractivity contribution in [3.05, 3.63) is 70.8 Å². The number of halogens is 3. The molecule has 3 rings (SSSR count). The lowest BCUT2D eigenvalue weighted by atomic mass is 10.0. The Morgan fingerprint density at radius 3 is 2.52 bits per heavy atom. The van der Waals surface area contributed by atoms with E-state index in [-0.39, 0.29) is 11.9 Å². The van der Waals surface area contributed by atoms with Crippen LogP contribution in [0, 0.1) is 6.92 Å². The van der Waals surface area contributed by atoms with Crippen LogP contribution in [0.3, 0.4) is 0 Å². The number of nitrogens with one attached hydrogen (secondary N) is 1. The zero-order valence-corrected chi connectivity index (χ0v) is 18.3. The first-order valence-electron chi connectivity index (χ1n) is 10.2. The molecular weight excluding hydrogens is 425 g/mol. The summed E-state index contributed by atoms with van der Waals surface area (Å²) < 4.78 is 44.1. The maximum atomic E-state index is 12.9. The number of alkyl halides is 3. The molecule has 1 fully saturated rings. The van der Waals surface area contributed by atoms with Gasteiger partial charge in [-0.1, -0.05) is 42.0 Å². The van der Waals surface area contributed by atoms with Crippen molar-refractivity contribution in [2.24, 2.45) is 0 Å². The Morgan fingerprint density at radius 2 is 1.87 bits per heavy atom. The third-order valence-electron chi connectivity index (χ3n) is 5.19. The molecule has 2 aromatic carbocycles. The Morgan fingerprint density at radius 1 is 1.16 bits per heavy atom. The Bertz CT molecular complexity index is 853. The quantitative estimate of drug-likeness (QED) is 0.643. The van der Waals surface area contributed by atoms with Crippen molar-refractivity contribution in [3.8, 4) is 0 Å². The fourth-order valence-electron chi connectivity index (χ4n) is 3.57. The third kappa shape index (κ3) is 7.26. The van der Waals surface area contributed by atoms with Gasteiger partial charge in [0.05, 0.1) is 30.6 Å². The molecule has 1 aliphatic rings. The number of thioether (sulfide) groups is 1. The molecule has 0 saturated carbocycles. The smallest absolute Gasteiger partial charge is 0.379 e. The van der Waals surface area contributed by atoms with Gasteiger partial charge in [0.15, 0.2) is 0 Å². The predicted octanol–water partition coefficient (Wildman–Crippen LogP) is 4.44. The van der Waals surface area contributed by atoms with Crippen LogP contribution in [0.5, 0.6) is 0 Å². The molecule has 0 radical (unpaired) electrons. The number of morpholine rings is 1. The van der Waals surface area contributed by atoms with E-state index >= 15 is 0 Å². The highest BCUT2D eigenvalue weighted by Crippen LogP contribution is 2.31. The maximum absolute atomic E-state index is 12.9. The number of amides is 1. The van der Waals surface area contributed by atoms with Crippen molar-refractivity contribution in [3.63, 3.8) is 0 Å². The lowest BCUT2D eigenvalue weighted by molar-refractivity contribution is -0.137. The van der Waals surface area contributed by atoms with E-state index in [1.54, 1.807) is 11.8 Å². The average Bonchev–Trinajstić information content (AvgIpc) is 2.74. The second-order valence-corrected chi connectivity index (χ2v) is 8.56. The number of ether oxygens (including phenoxy) is 1. The number of hydrogen-bond acceptors (Lipinski definition) is 4. The fraction of sp³-hybridized carbons (Fsp3) is 0.435. The van der Waals surface area contributed by atoms with Crippen molar-refractivity contribution >= 4 is 17.7 Å². The molecule has 0 aliphatic carbocycles. The summed E-state index contributed by atoms with van der Waals surface area (Å²) in [5, 5.41) is 2.96. The van der Waals surface area contributed by atoms with Gasteiger partial charge in [0.1, 0.15) is 0 Å². The van der Waals surface area contributed by atoms with E-state index in [2.05, 4.69) is 16.3 Å². The van der Waals surface area contributed by atoms with Crippen LogP contribution in [0.1, 0.15) is 28.3 Å². The Kier molecular flexibility index (Phi) is 8.40. The molecule has 0 spiro atoms. The fourth-order valence-corrected chi connectivity index (χ4v) is 4.37. The van der Waals surface area contributed by atoms with Gasteiger partial charge in [0.2, 0.25) is 5.91 Å². The number of hydrogen-bond donors (Lipinski definition) is 1. The van der Waals surface area contributed by atoms with Crippen molar-refractivity contribution in [2.75, 3.05) is 38.6 Å². The zero-order chi connectivity index (χ0) is 22.3. The van der Waals surface area contributed by atoms with E-state index in [9.17, 15) is 18.0 Å². The van der Waals surface area contributed by atoms with E-state index in [0.717, 1.165) is 23.4 Å². The van der Waals surface area contributed by atoms with Crippen molar-refractivity contribution in [2.45, 2.75) is 24.9 Å². The molecule has 8 heteroatoms. The van der Waals surface area contributed by atoms with Crippen LogP contribution >= 0.6 is 11.8 Å². The predicted molar refractivity (Wildman–Crippen MR) is 117 cm³/mol. The normalized spacial score (nSPS) is 16.1. The van der Waals surface area contributed by atoms with Gasteiger partial charge < -0.3 is 10.1 Å². The monoisotopic (exact) mass is 452 g/mol. The lowest BCUT2D eigenvalue weighted by Crippen LogP contribution is -2.44. The van der Waals surface area contributed by atoms with Gasteiger partial charge in [-0.15, -0.1) is 11.8 Å². The first-order chi connectivity index (χ1) is 14.8. The van der Waals surface area contributed by atoms with E-state index in [0.29, 0.717) is 38.6 Å². The maximum Gasteiger partial charge on any atom is 0.416 e. The minimum atomic E-state index is -4.37. The topological polar surface area (TPSA) is 41.6 Å². The molecule has 1 amide bonds. The van der Waals surface area contributed by atoms with Crippen LogP contribution in [0.25, 0.3) is 0 Å². The van der Waals surface area contributed by atoms with Gasteiger partial charge in [0, 0.05) is 25.4 Å². The number of rotatable bonds is 8. The van der Waals surface area contributed by atoms with Crippen LogP contribution in [-0.2, 0) is 21.5 Å². The van der Waals surface area contributed by atoms with Crippen molar-refractivity contribution in [1.29, 1.82) is 0 Å². The van der Waals surface area contributed by atoms with E-state index < -0.39 is 11.7 Å². The Labute approximate surface area is 185 Å². The number of carbonyl (C=O) groups is 1. The second kappa shape index (κ2) is 11.0. The average molecular weight is 453 g/mol. The summed E-state index contributed by atoms with van der Waals surface area (Å²) in [5.41, 5.74) is 2.44. The highest BCUT2D eigenvalue weighted by molar-refractivity contribution is 7.99. The minimum Gasteiger partial charge on any atom is -0.379 e. The van der Waals surface area contributed by atoms with Gasteiger partial charge in [-0.2, -0.15) is 13.2 Å². The molecule has 2 aromatic rings. The van der Waals surface area contributed by atoms with E-state index in [1.165, 1.54) is 23.3 Å². The van der Waals surface area contributed by atoms with Gasteiger partial charge >= 0.3 is 6.18 Å². The van der Waals surface area contributed by atoms with Crippen LogP contribution in [0.2, 0.25) is 0 Å². The molecular formula is C23H27F3N2O2S. The molecule has 168 valence electrons. The van der Waals surface area contributed by atoms with E-state index in [4.69, 9.17) is 4.74 Å². The number of carbonyl (C=O) groups excluding carboxylic acids is 1. The standard InChI is InChI=1S/C23H27F3N2O2S/c1-17-3-2-4-18(13-17)15-31-16-22(29)27-14-21(28-9-11-30-12-10-28)19-5-7-20(8-6-19)23(24,25)26/h2-8,13,21H,9-12,14-16H2,1H3,(H,27,29). The zero-order valence-electron chi connectivity index (χ0n) is 17.5. The van der Waals surface area contributed by atoms with Crippen LogP contribution in [0.15, 0.2) is 48.5 Å². The first-order valence-corrected chi connectivity index (χ1v) is 11.4. The lowest BCUT2D eigenvalue weighted by Gasteiger charge is -2.35. The third-order valence-corrected chi connectivity index (χ3v) is 6.19. The molecule has 1 unspecified atom stereocenters. The Hall–Kier alpha value is -2.03. The molecule has 1 N–H and O–H groups in total. The van der Waals surface area contributed by atoms with Gasteiger partial charge in [-0.3, -0.25) is 9.69 Å². The van der Waals surface area contributed by atoms with Crippen molar-refractivity contribution in [1.82, 2.24) is 10.2 Å². The van der Waals surface area contributed by atoms with Gasteiger partial charge in [-0.25, -0.2) is 0 Å². The molecule has 4 nitrogen and oxygen atoms in total. The summed E-state index contributed by atoms with van der Waals surface area (Å²) >= 11 is 1.54. The van der Waals surface area contributed by atoms with Crippen LogP contribution in [-0.4, -0.2) is 49.4 Å². The summed E-state index contributed by atoms with van der Waals surface area (Å²) in [6.45, 7) is 4.85. The summed E-state index contributed by atoms with van der Waals surface area (Å²) in [7, 11) is 0. The van der Waals surface area contributed by atoms with Crippen molar-refractivity contribution < 1.29 is 22.7 Å². The molecule has 1 heterocycles. The minimum absolute atomic E-state index is 0.0807. The SMILES string of the molecule is Cc1cccc(CSCC(=O)NCC(c2ccc(C(F)(F)F)cc2)N2CCOCC2)c1. The van der Waals surface area contributed by atoms with Gasteiger partial charge in [0.25, 0.3) is 0 Å². The summed E-state index contributed by atoms with van der Waals surface area (Å²) in [5.74, 6) is 1.00. The molecule has 31 heavy (non-hydrogen) atoms. The molecule has 1 aliphatic heterocycles. The van der Waals surface area contributed by atoms with E-state index in [1.807, 2.05) is 25.1 Å². The highest BCUT2D eigenvalue weighted by atomic mass is 32.2. The Balaban J connectivity index is 1.57. The highest BCUT2D eigenvalue weighted by Gasteiger charge is 2.31. The molecule has 1 saturated heterocycles. The molecule has 0 aromatic heterocycles. The van der Waals surface area contributed by atoms with Gasteiger partial charge in [-0.05, 0) is 30.2 Å². The van der Waals surface area contributed by atoms with Crippen LogP contribution < -0.4 is 5.32 Å².